The van der Waals surface area contributed by atoms with Crippen molar-refractivity contribution in [3.63, 3.8) is 0 Å². The van der Waals surface area contributed by atoms with E-state index in [1.165, 1.54) is 0 Å². The molecule has 0 aliphatic carbocycles. The van der Waals surface area contributed by atoms with Gasteiger partial charge in [0, 0.05) is 0 Å². The Bertz CT molecular complexity index is 171. The average molecular weight is 202 g/mol. The van der Waals surface area contributed by atoms with Gasteiger partial charge in [-0.05, 0) is 20.8 Å². The molecule has 0 unspecified atom stereocenters. The van der Waals surface area contributed by atoms with E-state index in [-0.39, 0.29) is 37.7 Å². The van der Waals surface area contributed by atoms with Crippen molar-refractivity contribution in [2.24, 2.45) is 0 Å². The van der Waals surface area contributed by atoms with E-state index in [0.29, 0.717) is 0 Å². The molecule has 5 heteroatoms. The third-order valence-corrected chi connectivity index (χ3v) is 0.716. The Morgan fingerprint density at radius 3 is 2.00 bits per heavy atom. The molecule has 0 radical (unpaired) electrons. The van der Waals surface area contributed by atoms with Crippen molar-refractivity contribution >= 4 is 49.7 Å². The predicted molar refractivity (Wildman–Crippen MR) is 46.6 cm³/mol. The zero-order valence-corrected chi connectivity index (χ0v) is 6.88. The van der Waals surface area contributed by atoms with Crippen molar-refractivity contribution in [1.29, 1.82) is 0 Å². The molecular formula is C7H14CaO4. The van der Waals surface area contributed by atoms with E-state index in [9.17, 15) is 9.59 Å². The third kappa shape index (κ3) is 10.2. The van der Waals surface area contributed by atoms with Gasteiger partial charge in [0.05, 0.1) is 0 Å². The molecule has 0 rings (SSSR count). The summed E-state index contributed by atoms with van der Waals surface area (Å²) >= 11 is 0. The second kappa shape index (κ2) is 5.78. The van der Waals surface area contributed by atoms with Crippen molar-refractivity contribution in [1.82, 2.24) is 0 Å². The van der Waals surface area contributed by atoms with Crippen LogP contribution in [0, 0.1) is 0 Å². The van der Waals surface area contributed by atoms with Crippen molar-refractivity contribution in [2.75, 3.05) is 0 Å². The number of hydrogen-bond acceptors (Lipinski definition) is 3. The van der Waals surface area contributed by atoms with Crippen molar-refractivity contribution < 1.29 is 19.4 Å². The fraction of sp³-hybridized carbons (Fsp3) is 0.714. The Morgan fingerprint density at radius 2 is 1.75 bits per heavy atom. The summed E-state index contributed by atoms with van der Waals surface area (Å²) in [5.41, 5.74) is -0.605. The van der Waals surface area contributed by atoms with Crippen LogP contribution in [0.1, 0.15) is 27.2 Å². The Kier molecular flexibility index (Phi) is 7.08. The molecule has 0 aliphatic heterocycles. The molecule has 0 saturated carbocycles. The molecule has 0 saturated heterocycles. The first-order valence-corrected chi connectivity index (χ1v) is 3.25. The van der Waals surface area contributed by atoms with E-state index in [2.05, 4.69) is 0 Å². The molecule has 68 valence electrons. The van der Waals surface area contributed by atoms with E-state index >= 15 is 0 Å². The van der Waals surface area contributed by atoms with Gasteiger partial charge >= 0.3 is 49.7 Å². The van der Waals surface area contributed by atoms with Crippen LogP contribution in [0.25, 0.3) is 0 Å². The second-order valence-corrected chi connectivity index (χ2v) is 3.16. The summed E-state index contributed by atoms with van der Waals surface area (Å²) in [6.07, 6.45) is -0.572. The first-order chi connectivity index (χ1) is 4.81. The van der Waals surface area contributed by atoms with Gasteiger partial charge < -0.3 is 9.84 Å². The average Bonchev–Trinajstić information content (AvgIpc) is 1.53. The quantitative estimate of drug-likeness (QED) is 0.385. The molecule has 0 aromatic heterocycles. The van der Waals surface area contributed by atoms with Crippen LogP contribution in [0.3, 0.4) is 0 Å². The minimum absolute atomic E-state index is 0. The van der Waals surface area contributed by atoms with E-state index < -0.39 is 24.0 Å². The fourth-order valence-corrected chi connectivity index (χ4v) is 0.501. The molecule has 0 amide bonds. The van der Waals surface area contributed by atoms with Crippen LogP contribution in [0.4, 0.5) is 0 Å². The fourth-order valence-electron chi connectivity index (χ4n) is 0.501. The van der Waals surface area contributed by atoms with Gasteiger partial charge in [0.2, 0.25) is 0 Å². The number of carbonyl (C=O) groups is 2. The van der Waals surface area contributed by atoms with Crippen molar-refractivity contribution in [2.45, 2.75) is 32.8 Å². The van der Waals surface area contributed by atoms with Crippen LogP contribution in [-0.4, -0.2) is 60.4 Å². The molecule has 0 aliphatic rings. The topological polar surface area (TPSA) is 63.6 Å². The summed E-state index contributed by atoms with van der Waals surface area (Å²) in [4.78, 5) is 20.7. The molecule has 0 fully saturated rings. The number of ether oxygens (including phenoxy) is 1. The van der Waals surface area contributed by atoms with E-state index in [1.807, 2.05) is 0 Å². The maximum atomic E-state index is 10.7. The standard InChI is InChI=1S/C7H12O4.Ca.2H/c1-7(2,3)11-6(10)4-5(8)9;;;/h4H2,1-3H3,(H,8,9);;;. The van der Waals surface area contributed by atoms with Gasteiger partial charge in [-0.1, -0.05) is 0 Å². The minimum atomic E-state index is -1.17. The van der Waals surface area contributed by atoms with Crippen LogP contribution in [0.5, 0.6) is 0 Å². The van der Waals surface area contributed by atoms with Crippen molar-refractivity contribution in [3.05, 3.63) is 0 Å². The molecule has 4 nitrogen and oxygen atoms in total. The number of carboxylic acids is 1. The number of carboxylic acid groups (broad SMARTS) is 1. The SMILES string of the molecule is CC(C)(C)OC(=O)CC(=O)O.[CaH2]. The second-order valence-electron chi connectivity index (χ2n) is 3.16. The summed E-state index contributed by atoms with van der Waals surface area (Å²) in [5.74, 6) is -1.87. The van der Waals surface area contributed by atoms with Gasteiger partial charge in [-0.3, -0.25) is 9.59 Å². The van der Waals surface area contributed by atoms with Gasteiger partial charge in [-0.2, -0.15) is 0 Å². The molecule has 0 atom stereocenters. The summed E-state index contributed by atoms with van der Waals surface area (Å²) in [6.45, 7) is 5.06. The van der Waals surface area contributed by atoms with Crippen LogP contribution in [-0.2, 0) is 14.3 Å². The normalized spacial score (nSPS) is 9.92. The monoisotopic (exact) mass is 202 g/mol. The Hall–Kier alpha value is 0.200. The number of hydrogen-bond donors (Lipinski definition) is 1. The number of esters is 1. The first-order valence-electron chi connectivity index (χ1n) is 3.25. The predicted octanol–water partition coefficient (Wildman–Crippen LogP) is -0.113. The summed E-state index contributed by atoms with van der Waals surface area (Å²) < 4.78 is 4.73. The van der Waals surface area contributed by atoms with Gasteiger partial charge in [-0.15, -0.1) is 0 Å². The molecule has 12 heavy (non-hydrogen) atoms. The third-order valence-electron chi connectivity index (χ3n) is 0.716. The molecular weight excluding hydrogens is 188 g/mol. The molecule has 0 aromatic carbocycles. The van der Waals surface area contributed by atoms with Gasteiger partial charge in [0.25, 0.3) is 0 Å². The first kappa shape index (κ1) is 14.7. The van der Waals surface area contributed by atoms with E-state index in [0.717, 1.165) is 0 Å². The van der Waals surface area contributed by atoms with Gasteiger partial charge in [0.15, 0.2) is 0 Å². The summed E-state index contributed by atoms with van der Waals surface area (Å²) in [6, 6.07) is 0. The Morgan fingerprint density at radius 1 is 1.33 bits per heavy atom. The molecule has 0 aromatic rings. The Labute approximate surface area is 101 Å². The van der Waals surface area contributed by atoms with Crippen LogP contribution in [0.2, 0.25) is 0 Å². The zero-order valence-electron chi connectivity index (χ0n) is 6.88. The van der Waals surface area contributed by atoms with Gasteiger partial charge in [0.1, 0.15) is 12.0 Å². The summed E-state index contributed by atoms with van der Waals surface area (Å²) in [5, 5.41) is 8.18. The molecule has 1 N–H and O–H groups in total. The van der Waals surface area contributed by atoms with Crippen LogP contribution in [0.15, 0.2) is 0 Å². The Balaban J connectivity index is 0. The number of aliphatic carboxylic acids is 1. The number of rotatable bonds is 2. The molecule has 0 bridgehead atoms. The van der Waals surface area contributed by atoms with Crippen molar-refractivity contribution in [3.8, 4) is 0 Å². The number of carbonyl (C=O) groups excluding carboxylic acids is 1. The van der Waals surface area contributed by atoms with E-state index in [1.54, 1.807) is 20.8 Å². The zero-order chi connectivity index (χ0) is 9.07. The van der Waals surface area contributed by atoms with Crippen LogP contribution >= 0.6 is 0 Å². The molecule has 0 heterocycles. The molecule has 0 spiro atoms. The maximum absolute atomic E-state index is 10.7. The van der Waals surface area contributed by atoms with Gasteiger partial charge in [-0.25, -0.2) is 0 Å². The van der Waals surface area contributed by atoms with E-state index in [4.69, 9.17) is 9.84 Å². The van der Waals surface area contributed by atoms with Crippen LogP contribution < -0.4 is 0 Å². The summed E-state index contributed by atoms with van der Waals surface area (Å²) in [7, 11) is 0.